The SMILES string of the molecule is CCCNC(=O)NCC(=O)N1N=C(c2ccccc2Cl)C[C@@H]1c1ccccc1F. The van der Waals surface area contributed by atoms with Crippen molar-refractivity contribution in [1.29, 1.82) is 0 Å². The average Bonchev–Trinajstić information content (AvgIpc) is 3.16. The summed E-state index contributed by atoms with van der Waals surface area (Å²) in [5.41, 5.74) is 1.65. The van der Waals surface area contributed by atoms with Crippen LogP contribution in [0, 0.1) is 5.82 Å². The number of carbonyl (C=O) groups is 2. The van der Waals surface area contributed by atoms with Crippen molar-refractivity contribution in [2.75, 3.05) is 13.1 Å². The summed E-state index contributed by atoms with van der Waals surface area (Å²) in [5, 5.41) is 11.3. The summed E-state index contributed by atoms with van der Waals surface area (Å²) in [5.74, 6) is -0.855. The Morgan fingerprint density at radius 2 is 1.90 bits per heavy atom. The van der Waals surface area contributed by atoms with E-state index in [9.17, 15) is 14.0 Å². The Bertz CT molecular complexity index is 934. The van der Waals surface area contributed by atoms with Gasteiger partial charge < -0.3 is 10.6 Å². The fraction of sp³-hybridized carbons (Fsp3) is 0.286. The zero-order valence-corrected chi connectivity index (χ0v) is 16.7. The molecule has 1 aliphatic rings. The van der Waals surface area contributed by atoms with Gasteiger partial charge >= 0.3 is 6.03 Å². The molecule has 2 aromatic rings. The number of hydrogen-bond donors (Lipinski definition) is 2. The summed E-state index contributed by atoms with van der Waals surface area (Å²) in [6, 6.07) is 12.4. The van der Waals surface area contributed by atoms with Crippen molar-refractivity contribution in [3.05, 3.63) is 70.5 Å². The number of nitrogens with one attached hydrogen (secondary N) is 2. The van der Waals surface area contributed by atoms with Gasteiger partial charge in [0.15, 0.2) is 0 Å². The number of nitrogens with zero attached hydrogens (tertiary/aromatic N) is 2. The topological polar surface area (TPSA) is 73.8 Å². The number of halogens is 2. The Balaban J connectivity index is 1.84. The van der Waals surface area contributed by atoms with Crippen LogP contribution in [0.2, 0.25) is 5.02 Å². The first-order valence-electron chi connectivity index (χ1n) is 9.41. The Morgan fingerprint density at radius 3 is 2.62 bits per heavy atom. The number of urea groups is 1. The third-order valence-electron chi connectivity index (χ3n) is 4.55. The molecule has 6 nitrogen and oxygen atoms in total. The average molecular weight is 417 g/mol. The zero-order chi connectivity index (χ0) is 20.8. The predicted molar refractivity (Wildman–Crippen MR) is 110 cm³/mol. The summed E-state index contributed by atoms with van der Waals surface area (Å²) in [6.07, 6.45) is 1.10. The van der Waals surface area contributed by atoms with E-state index in [4.69, 9.17) is 11.6 Å². The molecule has 0 saturated carbocycles. The fourth-order valence-electron chi connectivity index (χ4n) is 3.12. The summed E-state index contributed by atoms with van der Waals surface area (Å²) in [4.78, 5) is 24.6. The molecule has 3 amide bonds. The molecule has 0 spiro atoms. The lowest BCUT2D eigenvalue weighted by Gasteiger charge is -2.22. The number of hydrazone groups is 1. The van der Waals surface area contributed by atoms with E-state index in [2.05, 4.69) is 15.7 Å². The molecule has 0 bridgehead atoms. The summed E-state index contributed by atoms with van der Waals surface area (Å²) in [7, 11) is 0. The maximum Gasteiger partial charge on any atom is 0.315 e. The normalized spacial score (nSPS) is 15.8. The van der Waals surface area contributed by atoms with Crippen LogP contribution in [0.15, 0.2) is 53.6 Å². The maximum atomic E-state index is 14.4. The maximum absolute atomic E-state index is 14.4. The zero-order valence-electron chi connectivity index (χ0n) is 16.0. The van der Waals surface area contributed by atoms with Crippen LogP contribution in [0.1, 0.15) is 36.9 Å². The number of rotatable bonds is 6. The van der Waals surface area contributed by atoms with Crippen molar-refractivity contribution >= 4 is 29.3 Å². The molecule has 0 aliphatic carbocycles. The van der Waals surface area contributed by atoms with Crippen LogP contribution < -0.4 is 10.6 Å². The summed E-state index contributed by atoms with van der Waals surface area (Å²) < 4.78 is 14.4. The van der Waals surface area contributed by atoms with Gasteiger partial charge in [-0.3, -0.25) is 4.79 Å². The van der Waals surface area contributed by atoms with Gasteiger partial charge in [-0.25, -0.2) is 14.2 Å². The first-order chi connectivity index (χ1) is 14.0. The Labute approximate surface area is 173 Å². The minimum atomic E-state index is -0.615. The standard InChI is InChI=1S/C21H22ClFN4O2/c1-2-11-24-21(29)25-13-20(28)27-19(15-8-4-6-10-17(15)23)12-18(26-27)14-7-3-5-9-16(14)22/h3-10,19H,2,11-13H2,1H3,(H2,24,25,29)/t19-/m1/s1. The van der Waals surface area contributed by atoms with Gasteiger partial charge in [0.25, 0.3) is 5.91 Å². The van der Waals surface area contributed by atoms with Crippen LogP contribution >= 0.6 is 11.6 Å². The largest absolute Gasteiger partial charge is 0.338 e. The second kappa shape index (κ2) is 9.52. The highest BCUT2D eigenvalue weighted by Gasteiger charge is 2.35. The minimum absolute atomic E-state index is 0.250. The highest BCUT2D eigenvalue weighted by atomic mass is 35.5. The van der Waals surface area contributed by atoms with Crippen LogP contribution in [-0.2, 0) is 4.79 Å². The van der Waals surface area contributed by atoms with Crippen LogP contribution in [0.5, 0.6) is 0 Å². The van der Waals surface area contributed by atoms with Crippen molar-refractivity contribution in [3.63, 3.8) is 0 Å². The van der Waals surface area contributed by atoms with Gasteiger partial charge in [0.05, 0.1) is 11.8 Å². The van der Waals surface area contributed by atoms with Gasteiger partial charge in [-0.2, -0.15) is 5.10 Å². The highest BCUT2D eigenvalue weighted by Crippen LogP contribution is 2.35. The van der Waals surface area contributed by atoms with E-state index in [-0.39, 0.29) is 6.54 Å². The van der Waals surface area contributed by atoms with Gasteiger partial charge in [0.1, 0.15) is 12.4 Å². The molecule has 152 valence electrons. The van der Waals surface area contributed by atoms with E-state index in [1.807, 2.05) is 19.1 Å². The Kier molecular flexibility index (Phi) is 6.82. The van der Waals surface area contributed by atoms with E-state index < -0.39 is 23.8 Å². The molecule has 29 heavy (non-hydrogen) atoms. The van der Waals surface area contributed by atoms with Gasteiger partial charge in [0, 0.05) is 29.1 Å². The molecule has 0 saturated heterocycles. The molecule has 2 N–H and O–H groups in total. The number of amides is 3. The van der Waals surface area contributed by atoms with E-state index in [1.165, 1.54) is 11.1 Å². The van der Waals surface area contributed by atoms with Crippen molar-refractivity contribution in [1.82, 2.24) is 15.6 Å². The van der Waals surface area contributed by atoms with Crippen molar-refractivity contribution in [2.45, 2.75) is 25.8 Å². The first kappa shape index (κ1) is 20.8. The molecule has 0 unspecified atom stereocenters. The molecule has 0 radical (unpaired) electrons. The molecule has 3 rings (SSSR count). The van der Waals surface area contributed by atoms with Crippen LogP contribution in [0.3, 0.4) is 0 Å². The predicted octanol–water partition coefficient (Wildman–Crippen LogP) is 3.87. The monoisotopic (exact) mass is 416 g/mol. The Hall–Kier alpha value is -2.93. The first-order valence-corrected chi connectivity index (χ1v) is 9.79. The van der Waals surface area contributed by atoms with Gasteiger partial charge in [-0.1, -0.05) is 54.9 Å². The molecule has 0 fully saturated rings. The quantitative estimate of drug-likeness (QED) is 0.750. The van der Waals surface area contributed by atoms with Gasteiger partial charge in [-0.05, 0) is 18.6 Å². The van der Waals surface area contributed by atoms with Gasteiger partial charge in [-0.15, -0.1) is 0 Å². The van der Waals surface area contributed by atoms with E-state index in [0.29, 0.717) is 34.8 Å². The second-order valence-electron chi connectivity index (χ2n) is 6.62. The lowest BCUT2D eigenvalue weighted by Crippen LogP contribution is -2.42. The van der Waals surface area contributed by atoms with E-state index >= 15 is 0 Å². The van der Waals surface area contributed by atoms with Crippen LogP contribution in [-0.4, -0.2) is 35.7 Å². The van der Waals surface area contributed by atoms with Crippen molar-refractivity contribution < 1.29 is 14.0 Å². The third kappa shape index (κ3) is 4.92. The fourth-order valence-corrected chi connectivity index (χ4v) is 3.37. The summed E-state index contributed by atoms with van der Waals surface area (Å²) in [6.45, 7) is 2.19. The minimum Gasteiger partial charge on any atom is -0.338 e. The molecule has 0 aromatic heterocycles. The Morgan fingerprint density at radius 1 is 1.17 bits per heavy atom. The van der Waals surface area contributed by atoms with E-state index in [1.54, 1.807) is 30.3 Å². The molecule has 1 heterocycles. The molecular weight excluding hydrogens is 395 g/mol. The molecule has 1 aliphatic heterocycles. The molecule has 2 aromatic carbocycles. The second-order valence-corrected chi connectivity index (χ2v) is 7.02. The lowest BCUT2D eigenvalue weighted by molar-refractivity contribution is -0.131. The third-order valence-corrected chi connectivity index (χ3v) is 4.88. The number of hydrogen-bond acceptors (Lipinski definition) is 3. The van der Waals surface area contributed by atoms with E-state index in [0.717, 1.165) is 6.42 Å². The van der Waals surface area contributed by atoms with Crippen molar-refractivity contribution in [3.8, 4) is 0 Å². The van der Waals surface area contributed by atoms with Crippen molar-refractivity contribution in [2.24, 2.45) is 5.10 Å². The molecular formula is C21H22ClFN4O2. The lowest BCUT2D eigenvalue weighted by atomic mass is 9.98. The highest BCUT2D eigenvalue weighted by molar-refractivity contribution is 6.34. The van der Waals surface area contributed by atoms with Gasteiger partial charge in [0.2, 0.25) is 0 Å². The smallest absolute Gasteiger partial charge is 0.315 e. The molecule has 1 atom stereocenters. The summed E-state index contributed by atoms with van der Waals surface area (Å²) >= 11 is 6.28. The molecule has 8 heteroatoms. The van der Waals surface area contributed by atoms with Crippen LogP contribution in [0.25, 0.3) is 0 Å². The number of carbonyl (C=O) groups excluding carboxylic acids is 2. The number of benzene rings is 2. The van der Waals surface area contributed by atoms with Crippen LogP contribution in [0.4, 0.5) is 9.18 Å².